The van der Waals surface area contributed by atoms with Crippen LogP contribution in [0.2, 0.25) is 0 Å². The van der Waals surface area contributed by atoms with Crippen molar-refractivity contribution in [2.24, 2.45) is 0 Å². The van der Waals surface area contributed by atoms with E-state index in [0.29, 0.717) is 25.6 Å². The normalized spacial score (nSPS) is 12.4. The smallest absolute Gasteiger partial charge is 0.397 e. The first-order valence-corrected chi connectivity index (χ1v) is 28.4. The van der Waals surface area contributed by atoms with Gasteiger partial charge in [-0.3, -0.25) is 0 Å². The monoisotopic (exact) mass is 903 g/mol. The van der Waals surface area contributed by atoms with Crippen molar-refractivity contribution in [2.45, 2.75) is 252 Å². The lowest BCUT2D eigenvalue weighted by Crippen LogP contribution is -2.18. The first-order valence-electron chi connectivity index (χ1n) is 26.2. The van der Waals surface area contributed by atoms with E-state index in [-0.39, 0.29) is 5.41 Å². The van der Waals surface area contributed by atoms with E-state index in [1.807, 2.05) is 24.3 Å². The van der Waals surface area contributed by atoms with Crippen molar-refractivity contribution >= 4 is 17.2 Å². The Balaban J connectivity index is 1.77. The summed E-state index contributed by atoms with van der Waals surface area (Å²) in [6.07, 6.45) is 43.1. The first-order chi connectivity index (χ1) is 30.4. The molecular weight excluding hydrogens is 807 g/mol. The van der Waals surface area contributed by atoms with Gasteiger partial charge in [-0.05, 0) is 54.7 Å². The molecule has 358 valence electrons. The second kappa shape index (κ2) is 40.1. The Morgan fingerprint density at radius 3 is 0.919 bits per heavy atom. The molecule has 0 radical (unpaired) electrons. The predicted octanol–water partition coefficient (Wildman–Crippen LogP) is 19.2. The molecule has 0 aliphatic heterocycles. The van der Waals surface area contributed by atoms with Gasteiger partial charge in [0.1, 0.15) is 11.5 Å². The van der Waals surface area contributed by atoms with Gasteiger partial charge in [0.15, 0.2) is 0 Å². The highest BCUT2D eigenvalue weighted by molar-refractivity contribution is 7.42. The highest BCUT2D eigenvalue weighted by atomic mass is 31.2. The third-order valence-corrected chi connectivity index (χ3v) is 14.3. The molecule has 1 unspecified atom stereocenters. The maximum absolute atomic E-state index is 10.4. The van der Waals surface area contributed by atoms with Crippen molar-refractivity contribution in [2.75, 3.05) is 19.8 Å². The van der Waals surface area contributed by atoms with E-state index < -0.39 is 17.2 Å². The molecule has 0 aliphatic carbocycles. The minimum atomic E-state index is -1.94. The van der Waals surface area contributed by atoms with Crippen LogP contribution in [0.3, 0.4) is 0 Å². The molecule has 1 atom stereocenters. The van der Waals surface area contributed by atoms with Crippen LogP contribution >= 0.6 is 17.2 Å². The molecule has 2 aromatic carbocycles. The first kappa shape index (κ1) is 56.9. The lowest BCUT2D eigenvalue weighted by Gasteiger charge is -2.27. The molecule has 0 amide bonds. The third kappa shape index (κ3) is 30.0. The maximum Gasteiger partial charge on any atom is 0.397 e. The number of benzene rings is 2. The van der Waals surface area contributed by atoms with Crippen LogP contribution in [0.4, 0.5) is 0 Å². The van der Waals surface area contributed by atoms with E-state index in [1.165, 1.54) is 192 Å². The van der Waals surface area contributed by atoms with Crippen LogP contribution in [0.1, 0.15) is 258 Å². The van der Waals surface area contributed by atoms with E-state index in [2.05, 4.69) is 58.9 Å². The summed E-state index contributed by atoms with van der Waals surface area (Å²) >= 11 is 0. The Morgan fingerprint density at radius 1 is 0.355 bits per heavy atom. The topological polar surface area (TPSA) is 66.4 Å². The largest absolute Gasteiger partial charge is 0.427 e. The van der Waals surface area contributed by atoms with Gasteiger partial charge in [-0.15, -0.1) is 0 Å². The number of rotatable bonds is 45. The molecule has 0 bridgehead atoms. The average Bonchev–Trinajstić information content (AvgIpc) is 3.27. The molecule has 0 aliphatic rings. The van der Waals surface area contributed by atoms with Crippen molar-refractivity contribution in [1.29, 1.82) is 0 Å². The molecule has 8 heteroatoms. The molecule has 6 nitrogen and oxygen atoms in total. The van der Waals surface area contributed by atoms with Crippen molar-refractivity contribution in [3.63, 3.8) is 0 Å². The summed E-state index contributed by atoms with van der Waals surface area (Å²) in [6, 6.07) is 16.4. The van der Waals surface area contributed by atoms with Crippen molar-refractivity contribution in [1.82, 2.24) is 0 Å². The van der Waals surface area contributed by atoms with Crippen LogP contribution in [0.15, 0.2) is 48.5 Å². The number of hydrogen-bond donors (Lipinski definition) is 1. The maximum atomic E-state index is 10.4. The Kier molecular flexibility index (Phi) is 36.7. The van der Waals surface area contributed by atoms with Gasteiger partial charge in [0.2, 0.25) is 0 Å². The third-order valence-electron chi connectivity index (χ3n) is 12.4. The van der Waals surface area contributed by atoms with E-state index in [4.69, 9.17) is 22.6 Å². The zero-order chi connectivity index (χ0) is 44.6. The minimum Gasteiger partial charge on any atom is -0.427 e. The predicted molar refractivity (Wildman–Crippen MR) is 270 cm³/mol. The Morgan fingerprint density at radius 2 is 0.613 bits per heavy atom. The van der Waals surface area contributed by atoms with Gasteiger partial charge in [0, 0.05) is 5.41 Å². The van der Waals surface area contributed by atoms with Gasteiger partial charge in [0.25, 0.3) is 0 Å². The molecule has 62 heavy (non-hydrogen) atoms. The molecular formula is C54H96O6P2. The summed E-state index contributed by atoms with van der Waals surface area (Å²) in [5.41, 5.74) is 2.11. The summed E-state index contributed by atoms with van der Waals surface area (Å²) in [4.78, 5) is 10.4. The Hall–Kier alpha value is -1.26. The molecule has 0 saturated heterocycles. The number of hydrogen-bond acceptors (Lipinski definition) is 6. The van der Waals surface area contributed by atoms with E-state index in [1.54, 1.807) is 0 Å². The molecule has 2 aromatic rings. The van der Waals surface area contributed by atoms with Crippen molar-refractivity contribution < 1.29 is 27.5 Å². The second-order valence-electron chi connectivity index (χ2n) is 18.4. The van der Waals surface area contributed by atoms with Crippen LogP contribution in [-0.4, -0.2) is 24.7 Å². The zero-order valence-electron chi connectivity index (χ0n) is 41.0. The van der Waals surface area contributed by atoms with Gasteiger partial charge < -0.3 is 27.5 Å². The average molecular weight is 903 g/mol. The SMILES string of the molecule is CCCCCCCCCCCCCOP(O)Oc1ccc(C(C)(C)c2ccc(OP(OCCCCCCCCCCCCC)OCCCCCCCCCCCCC)cc2)cc1. The van der Waals surface area contributed by atoms with Crippen LogP contribution in [-0.2, 0) is 19.0 Å². The molecule has 1 N–H and O–H groups in total. The van der Waals surface area contributed by atoms with Crippen LogP contribution < -0.4 is 9.05 Å². The van der Waals surface area contributed by atoms with Gasteiger partial charge in [-0.25, -0.2) is 0 Å². The van der Waals surface area contributed by atoms with Gasteiger partial charge in [0.05, 0.1) is 19.8 Å². The molecule has 2 rings (SSSR count). The summed E-state index contributed by atoms with van der Waals surface area (Å²) < 4.78 is 30.3. The van der Waals surface area contributed by atoms with Crippen LogP contribution in [0, 0.1) is 0 Å². The highest BCUT2D eigenvalue weighted by Crippen LogP contribution is 2.42. The van der Waals surface area contributed by atoms with Crippen molar-refractivity contribution in [3.8, 4) is 11.5 Å². The Bertz CT molecular complexity index is 1210. The summed E-state index contributed by atoms with van der Waals surface area (Å²) in [6.45, 7) is 13.2. The summed E-state index contributed by atoms with van der Waals surface area (Å²) in [7, 11) is -3.40. The standard InChI is InChI=1S/C54H96O6P2/c1-6-9-12-15-18-21-24-27-30-33-36-47-56-61(55)59-52-43-39-50(40-44-52)54(4,5)51-41-45-53(46-42-51)60-62(57-48-37-34-31-28-25-22-19-16-13-10-7-2)58-49-38-35-32-29-26-23-20-17-14-11-8-3/h39-46,55H,6-38,47-49H2,1-5H3. The second-order valence-corrected chi connectivity index (χ2v) is 20.5. The summed E-state index contributed by atoms with van der Waals surface area (Å²) in [5, 5.41) is 0. The highest BCUT2D eigenvalue weighted by Gasteiger charge is 2.24. The van der Waals surface area contributed by atoms with Crippen LogP contribution in [0.25, 0.3) is 0 Å². The molecule has 0 fully saturated rings. The van der Waals surface area contributed by atoms with E-state index in [0.717, 1.165) is 37.0 Å². The fraction of sp³-hybridized carbons (Fsp3) is 0.778. The van der Waals surface area contributed by atoms with Gasteiger partial charge >= 0.3 is 17.2 Å². The zero-order valence-corrected chi connectivity index (χ0v) is 42.7. The van der Waals surface area contributed by atoms with Gasteiger partial charge in [-0.2, -0.15) is 0 Å². The lowest BCUT2D eigenvalue weighted by atomic mass is 9.78. The molecule has 0 spiro atoms. The van der Waals surface area contributed by atoms with Gasteiger partial charge in [-0.1, -0.05) is 252 Å². The molecule has 0 saturated carbocycles. The van der Waals surface area contributed by atoms with Crippen molar-refractivity contribution in [3.05, 3.63) is 59.7 Å². The minimum absolute atomic E-state index is 0.242. The molecule has 0 heterocycles. The fourth-order valence-corrected chi connectivity index (χ4v) is 9.71. The Labute approximate surface area is 386 Å². The van der Waals surface area contributed by atoms with Crippen LogP contribution in [0.5, 0.6) is 11.5 Å². The van der Waals surface area contributed by atoms with E-state index in [9.17, 15) is 4.89 Å². The quantitative estimate of drug-likeness (QED) is 0.0528. The number of unbranched alkanes of at least 4 members (excludes halogenated alkanes) is 30. The lowest BCUT2D eigenvalue weighted by molar-refractivity contribution is 0.198. The van der Waals surface area contributed by atoms with E-state index >= 15 is 0 Å². The molecule has 0 aromatic heterocycles. The fourth-order valence-electron chi connectivity index (χ4n) is 8.04. The summed E-state index contributed by atoms with van der Waals surface area (Å²) in [5.74, 6) is 1.40.